The smallest absolute Gasteiger partial charge is 0.268 e. The number of likely N-dealkylation sites (N-methyl/N-ethyl adjacent to an activating group) is 1. The zero-order valence-corrected chi connectivity index (χ0v) is 32.4. The van der Waals surface area contributed by atoms with Gasteiger partial charge in [-0.15, -0.1) is 0 Å². The van der Waals surface area contributed by atoms with Crippen LogP contribution < -0.4 is 10.2 Å². The molecular weight excluding hydrogens is 611 g/mol. The van der Waals surface area contributed by atoms with E-state index in [-0.39, 0.29) is 19.1 Å². The molecule has 0 saturated carbocycles. The van der Waals surface area contributed by atoms with Crippen molar-refractivity contribution in [3.05, 3.63) is 12.2 Å². The predicted octanol–water partition coefficient (Wildman–Crippen LogP) is 9.39. The van der Waals surface area contributed by atoms with Crippen molar-refractivity contribution < 1.29 is 32.9 Å². The van der Waals surface area contributed by atoms with Crippen molar-refractivity contribution in [1.82, 2.24) is 5.32 Å². The first-order valence-electron chi connectivity index (χ1n) is 19.5. The molecule has 0 spiro atoms. The number of nitrogens with one attached hydrogen (secondary N) is 1. The van der Waals surface area contributed by atoms with Crippen molar-refractivity contribution in [2.75, 3.05) is 40.9 Å². The number of aliphatic hydroxyl groups is 1. The summed E-state index contributed by atoms with van der Waals surface area (Å²) in [5, 5.41) is 13.8. The largest absolute Gasteiger partial charge is 0.756 e. The molecule has 0 rings (SSSR count). The fourth-order valence-corrected chi connectivity index (χ4v) is 6.28. The van der Waals surface area contributed by atoms with E-state index in [2.05, 4.69) is 31.3 Å². The Balaban J connectivity index is 4.47. The first kappa shape index (κ1) is 46.2. The van der Waals surface area contributed by atoms with Gasteiger partial charge in [-0.2, -0.15) is 0 Å². The van der Waals surface area contributed by atoms with Crippen LogP contribution >= 0.6 is 7.82 Å². The van der Waals surface area contributed by atoms with Crippen LogP contribution in [0.3, 0.4) is 0 Å². The molecule has 1 amide bonds. The van der Waals surface area contributed by atoms with Gasteiger partial charge in [-0.25, -0.2) is 0 Å². The van der Waals surface area contributed by atoms with Gasteiger partial charge in [0.2, 0.25) is 5.91 Å². The molecule has 8 nitrogen and oxygen atoms in total. The lowest BCUT2D eigenvalue weighted by Gasteiger charge is -2.30. The number of hydrogen-bond acceptors (Lipinski definition) is 6. The maximum Gasteiger partial charge on any atom is 0.268 e. The molecule has 0 aliphatic rings. The standard InChI is InChI=1S/C38H77N2O6P/c1-6-8-10-12-14-16-18-20-22-24-26-28-30-32-38(42)39-36(35-46-47(43,44)45-34-33-40(3,4)5)37(41)31-29-27-25-23-21-19-17-15-13-11-9-7-2/h16,18,36-37,41H,6-15,17,19-35H2,1-5H3,(H-,39,42,43,44)/b18-16+/t36-,37+/m0/s1. The number of quaternary nitrogens is 1. The summed E-state index contributed by atoms with van der Waals surface area (Å²) in [4.78, 5) is 25.2. The van der Waals surface area contributed by atoms with Gasteiger partial charge in [0, 0.05) is 6.42 Å². The van der Waals surface area contributed by atoms with Crippen molar-refractivity contribution in [2.45, 2.75) is 187 Å². The van der Waals surface area contributed by atoms with Crippen LogP contribution in [0, 0.1) is 0 Å². The Morgan fingerprint density at radius 2 is 1.17 bits per heavy atom. The van der Waals surface area contributed by atoms with Crippen LogP contribution in [-0.2, 0) is 18.4 Å². The highest BCUT2D eigenvalue weighted by atomic mass is 31.2. The normalized spacial score (nSPS) is 14.8. The second-order valence-corrected chi connectivity index (χ2v) is 16.0. The summed E-state index contributed by atoms with van der Waals surface area (Å²) in [6.07, 6.45) is 32.0. The van der Waals surface area contributed by atoms with Crippen LogP contribution in [0.5, 0.6) is 0 Å². The van der Waals surface area contributed by atoms with Crippen molar-refractivity contribution in [3.8, 4) is 0 Å². The molecule has 0 radical (unpaired) electrons. The van der Waals surface area contributed by atoms with Gasteiger partial charge in [0.1, 0.15) is 13.2 Å². The summed E-state index contributed by atoms with van der Waals surface area (Å²) < 4.78 is 23.1. The van der Waals surface area contributed by atoms with Crippen molar-refractivity contribution in [2.24, 2.45) is 0 Å². The molecular formula is C38H77N2O6P. The minimum atomic E-state index is -4.55. The molecule has 1 unspecified atom stereocenters. The molecule has 0 aromatic heterocycles. The van der Waals surface area contributed by atoms with Crippen LogP contribution in [0.15, 0.2) is 12.2 Å². The molecule has 0 heterocycles. The number of unbranched alkanes of at least 4 members (excludes halogenated alkanes) is 20. The molecule has 47 heavy (non-hydrogen) atoms. The number of phosphoric acid groups is 1. The monoisotopic (exact) mass is 689 g/mol. The predicted molar refractivity (Wildman–Crippen MR) is 196 cm³/mol. The molecule has 2 N–H and O–H groups in total. The van der Waals surface area contributed by atoms with Crippen LogP contribution in [-0.4, -0.2) is 68.5 Å². The number of aliphatic hydroxyl groups excluding tert-OH is 1. The minimum Gasteiger partial charge on any atom is -0.756 e. The topological polar surface area (TPSA) is 108 Å². The number of nitrogens with zero attached hydrogens (tertiary/aromatic N) is 1. The Kier molecular flexibility index (Phi) is 30.7. The number of carbonyl (C=O) groups is 1. The molecule has 0 aromatic carbocycles. The lowest BCUT2D eigenvalue weighted by Crippen LogP contribution is -2.46. The summed E-state index contributed by atoms with van der Waals surface area (Å²) in [6, 6.07) is -0.798. The van der Waals surface area contributed by atoms with Gasteiger partial charge in [-0.3, -0.25) is 9.36 Å². The molecule has 0 aliphatic carbocycles. The molecule has 3 atom stereocenters. The first-order valence-corrected chi connectivity index (χ1v) is 21.0. The Morgan fingerprint density at radius 3 is 1.68 bits per heavy atom. The lowest BCUT2D eigenvalue weighted by molar-refractivity contribution is -0.870. The van der Waals surface area contributed by atoms with Gasteiger partial charge in [0.25, 0.3) is 7.82 Å². The molecule has 0 aliphatic heterocycles. The van der Waals surface area contributed by atoms with E-state index in [9.17, 15) is 19.4 Å². The molecule has 0 aromatic rings. The summed E-state index contributed by atoms with van der Waals surface area (Å²) >= 11 is 0. The molecule has 280 valence electrons. The van der Waals surface area contributed by atoms with Crippen molar-refractivity contribution >= 4 is 13.7 Å². The van der Waals surface area contributed by atoms with E-state index in [4.69, 9.17) is 9.05 Å². The van der Waals surface area contributed by atoms with E-state index in [1.54, 1.807) is 0 Å². The molecule has 9 heteroatoms. The minimum absolute atomic E-state index is 0.0120. The van der Waals surface area contributed by atoms with Gasteiger partial charge in [-0.1, -0.05) is 142 Å². The Morgan fingerprint density at radius 1 is 0.723 bits per heavy atom. The zero-order chi connectivity index (χ0) is 35.1. The van der Waals surface area contributed by atoms with E-state index in [0.29, 0.717) is 23.9 Å². The Bertz CT molecular complexity index is 789. The fraction of sp³-hybridized carbons (Fsp3) is 0.921. The van der Waals surface area contributed by atoms with E-state index in [1.165, 1.54) is 96.3 Å². The molecule has 0 bridgehead atoms. The van der Waals surface area contributed by atoms with Crippen LogP contribution in [0.2, 0.25) is 0 Å². The average Bonchev–Trinajstić information content (AvgIpc) is 3.01. The summed E-state index contributed by atoms with van der Waals surface area (Å²) in [7, 11) is 1.30. The van der Waals surface area contributed by atoms with Gasteiger partial charge < -0.3 is 28.8 Å². The Hall–Kier alpha value is -0.760. The number of carbonyl (C=O) groups excluding carboxylic acids is 1. The summed E-state index contributed by atoms with van der Waals surface area (Å²) in [5.74, 6) is -0.176. The fourth-order valence-electron chi connectivity index (χ4n) is 5.56. The van der Waals surface area contributed by atoms with E-state index in [1.807, 2.05) is 21.1 Å². The van der Waals surface area contributed by atoms with Gasteiger partial charge >= 0.3 is 0 Å². The number of rotatable bonds is 35. The SMILES string of the molecule is CCCCCC/C=C/CCCCCCCC(=O)N[C@@H](COP(=O)([O-])OCC[N+](C)(C)C)[C@H](O)CCCCCCCCCCCCCC. The van der Waals surface area contributed by atoms with Gasteiger partial charge in [0.15, 0.2) is 0 Å². The number of allylic oxidation sites excluding steroid dienone is 2. The van der Waals surface area contributed by atoms with Crippen molar-refractivity contribution in [3.63, 3.8) is 0 Å². The van der Waals surface area contributed by atoms with Crippen molar-refractivity contribution in [1.29, 1.82) is 0 Å². The third-order valence-corrected chi connectivity index (χ3v) is 9.72. The average molecular weight is 689 g/mol. The van der Waals surface area contributed by atoms with E-state index < -0.39 is 20.0 Å². The number of phosphoric ester groups is 1. The van der Waals surface area contributed by atoms with Gasteiger partial charge in [-0.05, 0) is 38.5 Å². The summed E-state index contributed by atoms with van der Waals surface area (Å²) in [6.45, 7) is 4.67. The second kappa shape index (κ2) is 31.2. The number of hydrogen-bond donors (Lipinski definition) is 2. The lowest BCUT2D eigenvalue weighted by atomic mass is 10.0. The third kappa shape index (κ3) is 33.5. The number of amides is 1. The maximum absolute atomic E-state index is 12.8. The zero-order valence-electron chi connectivity index (χ0n) is 31.5. The second-order valence-electron chi connectivity index (χ2n) is 14.6. The van der Waals surface area contributed by atoms with E-state index >= 15 is 0 Å². The Labute approximate surface area is 291 Å². The van der Waals surface area contributed by atoms with Crippen LogP contribution in [0.4, 0.5) is 0 Å². The highest BCUT2D eigenvalue weighted by molar-refractivity contribution is 7.45. The maximum atomic E-state index is 12.8. The highest BCUT2D eigenvalue weighted by Crippen LogP contribution is 2.38. The highest BCUT2D eigenvalue weighted by Gasteiger charge is 2.24. The third-order valence-electron chi connectivity index (χ3n) is 8.75. The van der Waals surface area contributed by atoms with Crippen LogP contribution in [0.25, 0.3) is 0 Å². The van der Waals surface area contributed by atoms with Gasteiger partial charge in [0.05, 0.1) is 39.9 Å². The first-order chi connectivity index (χ1) is 22.5. The summed E-state index contributed by atoms with van der Waals surface area (Å²) in [5.41, 5.74) is 0. The van der Waals surface area contributed by atoms with Crippen LogP contribution in [0.1, 0.15) is 174 Å². The quantitative estimate of drug-likeness (QED) is 0.0297. The molecule has 0 fully saturated rings. The van der Waals surface area contributed by atoms with E-state index in [0.717, 1.165) is 51.4 Å². The molecule has 0 saturated heterocycles.